The molecule has 0 saturated carbocycles. The summed E-state index contributed by atoms with van der Waals surface area (Å²) in [6.45, 7) is 1.51. The summed E-state index contributed by atoms with van der Waals surface area (Å²) in [6.07, 6.45) is 2.13. The molecule has 3 N–H and O–H groups in total. The first-order chi connectivity index (χ1) is 9.97. The number of benzene rings is 1. The normalized spacial score (nSPS) is 18.5. The van der Waals surface area contributed by atoms with E-state index in [0.29, 0.717) is 12.6 Å². The molecule has 0 bridgehead atoms. The molecule has 1 aliphatic heterocycles. The lowest BCUT2D eigenvalue weighted by Gasteiger charge is -2.19. The zero-order chi connectivity index (χ0) is 15.4. The number of rotatable bonds is 4. The molecule has 2 amide bonds. The molecule has 1 aromatic rings. The van der Waals surface area contributed by atoms with E-state index in [1.54, 1.807) is 0 Å². The molecule has 1 unspecified atom stereocenters. The topological polar surface area (TPSA) is 81.7 Å². The fourth-order valence-electron chi connectivity index (χ4n) is 2.36. The molecule has 6 nitrogen and oxygen atoms in total. The molecule has 0 aromatic heterocycles. The highest BCUT2D eigenvalue weighted by molar-refractivity contribution is 5.91. The van der Waals surface area contributed by atoms with Gasteiger partial charge in [-0.1, -0.05) is 0 Å². The lowest BCUT2D eigenvalue weighted by atomic mass is 10.2. The summed E-state index contributed by atoms with van der Waals surface area (Å²) in [5.41, 5.74) is -0.205. The Morgan fingerprint density at radius 2 is 2.24 bits per heavy atom. The number of likely N-dealkylation sites (tertiary alicyclic amines) is 1. The van der Waals surface area contributed by atoms with Gasteiger partial charge in [0.1, 0.15) is 5.82 Å². The van der Waals surface area contributed by atoms with Crippen LogP contribution in [-0.2, 0) is 0 Å². The minimum absolute atomic E-state index is 0.0442. The molecule has 0 radical (unpaired) electrons. The number of amides is 2. The predicted octanol–water partition coefficient (Wildman–Crippen LogP) is 1.74. The van der Waals surface area contributed by atoms with E-state index in [1.807, 2.05) is 7.05 Å². The van der Waals surface area contributed by atoms with Crippen LogP contribution in [0.1, 0.15) is 23.2 Å². The zero-order valence-corrected chi connectivity index (χ0v) is 11.7. The number of nitrogens with one attached hydrogen (secondary N) is 2. The van der Waals surface area contributed by atoms with Crippen molar-refractivity contribution in [3.05, 3.63) is 29.6 Å². The molecule has 1 aliphatic rings. The second-order valence-electron chi connectivity index (χ2n) is 5.11. The number of aromatic carboxylic acids is 1. The lowest BCUT2D eigenvalue weighted by Crippen LogP contribution is -2.40. The molecule has 1 aromatic carbocycles. The number of carboxylic acids is 1. The Morgan fingerprint density at radius 3 is 2.81 bits per heavy atom. The van der Waals surface area contributed by atoms with Gasteiger partial charge in [0.25, 0.3) is 0 Å². The Kier molecular flexibility index (Phi) is 4.74. The van der Waals surface area contributed by atoms with Crippen molar-refractivity contribution >= 4 is 17.7 Å². The van der Waals surface area contributed by atoms with E-state index in [-0.39, 0.29) is 11.3 Å². The van der Waals surface area contributed by atoms with Gasteiger partial charge in [0.05, 0.1) is 11.3 Å². The maximum atomic E-state index is 13.7. The minimum atomic E-state index is -1.21. The number of carbonyl (C=O) groups is 2. The molecule has 1 atom stereocenters. The Labute approximate surface area is 121 Å². The van der Waals surface area contributed by atoms with Gasteiger partial charge in [-0.2, -0.15) is 0 Å². The molecule has 7 heteroatoms. The van der Waals surface area contributed by atoms with Gasteiger partial charge in [-0.25, -0.2) is 14.0 Å². The number of carbonyl (C=O) groups excluding carboxylic acids is 1. The smallest absolute Gasteiger partial charge is 0.335 e. The van der Waals surface area contributed by atoms with Crippen LogP contribution in [-0.4, -0.2) is 48.2 Å². The second-order valence-corrected chi connectivity index (χ2v) is 5.11. The van der Waals surface area contributed by atoms with Crippen LogP contribution in [0.5, 0.6) is 0 Å². The van der Waals surface area contributed by atoms with Gasteiger partial charge in [-0.3, -0.25) is 0 Å². The molecule has 1 fully saturated rings. The van der Waals surface area contributed by atoms with Crippen LogP contribution in [0.25, 0.3) is 0 Å². The molecular formula is C14H18FN3O3. The summed E-state index contributed by atoms with van der Waals surface area (Å²) < 4.78 is 13.7. The molecule has 0 spiro atoms. The Morgan fingerprint density at radius 1 is 1.48 bits per heavy atom. The molecule has 1 heterocycles. The van der Waals surface area contributed by atoms with Crippen LogP contribution < -0.4 is 10.6 Å². The van der Waals surface area contributed by atoms with Crippen molar-refractivity contribution in [3.8, 4) is 0 Å². The van der Waals surface area contributed by atoms with E-state index in [4.69, 9.17) is 5.11 Å². The number of urea groups is 1. The van der Waals surface area contributed by atoms with Gasteiger partial charge in [-0.15, -0.1) is 0 Å². The zero-order valence-electron chi connectivity index (χ0n) is 11.7. The van der Waals surface area contributed by atoms with Crippen LogP contribution in [0.4, 0.5) is 14.9 Å². The summed E-state index contributed by atoms with van der Waals surface area (Å²) >= 11 is 0. The van der Waals surface area contributed by atoms with E-state index < -0.39 is 17.8 Å². The average Bonchev–Trinajstić information content (AvgIpc) is 2.84. The van der Waals surface area contributed by atoms with Gasteiger partial charge in [0.2, 0.25) is 0 Å². The van der Waals surface area contributed by atoms with Gasteiger partial charge in [-0.05, 0) is 44.6 Å². The number of nitrogens with zero attached hydrogens (tertiary/aromatic N) is 1. The molecule has 2 rings (SSSR count). The van der Waals surface area contributed by atoms with Crippen LogP contribution >= 0.6 is 0 Å². The summed E-state index contributed by atoms with van der Waals surface area (Å²) in [4.78, 5) is 24.6. The first-order valence-electron chi connectivity index (χ1n) is 6.75. The summed E-state index contributed by atoms with van der Waals surface area (Å²) in [7, 11) is 2.00. The fourth-order valence-corrected chi connectivity index (χ4v) is 2.36. The van der Waals surface area contributed by atoms with Gasteiger partial charge < -0.3 is 20.6 Å². The van der Waals surface area contributed by atoms with Gasteiger partial charge in [0.15, 0.2) is 0 Å². The average molecular weight is 295 g/mol. The first-order valence-corrected chi connectivity index (χ1v) is 6.75. The lowest BCUT2D eigenvalue weighted by molar-refractivity contribution is 0.0696. The third kappa shape index (κ3) is 3.91. The van der Waals surface area contributed by atoms with Crippen molar-refractivity contribution in [1.29, 1.82) is 0 Å². The Balaban J connectivity index is 1.89. The van der Waals surface area contributed by atoms with Gasteiger partial charge >= 0.3 is 12.0 Å². The maximum Gasteiger partial charge on any atom is 0.335 e. The minimum Gasteiger partial charge on any atom is -0.478 e. The van der Waals surface area contributed by atoms with Crippen LogP contribution in [0.15, 0.2) is 18.2 Å². The Hall–Kier alpha value is -2.15. The van der Waals surface area contributed by atoms with Crippen LogP contribution in [0.3, 0.4) is 0 Å². The van der Waals surface area contributed by atoms with Crippen molar-refractivity contribution < 1.29 is 19.1 Å². The third-order valence-corrected chi connectivity index (χ3v) is 3.63. The largest absolute Gasteiger partial charge is 0.478 e. The quantitative estimate of drug-likeness (QED) is 0.790. The van der Waals surface area contributed by atoms with E-state index in [1.165, 1.54) is 12.1 Å². The van der Waals surface area contributed by atoms with Gasteiger partial charge in [0, 0.05) is 12.6 Å². The number of likely N-dealkylation sites (N-methyl/N-ethyl adjacent to an activating group) is 1. The number of carboxylic acid groups (broad SMARTS) is 1. The van der Waals surface area contributed by atoms with E-state index in [9.17, 15) is 14.0 Å². The molecule has 1 saturated heterocycles. The second kappa shape index (κ2) is 6.53. The monoisotopic (exact) mass is 295 g/mol. The van der Waals surface area contributed by atoms with Crippen molar-refractivity contribution in [2.24, 2.45) is 0 Å². The van der Waals surface area contributed by atoms with E-state index >= 15 is 0 Å². The standard InChI is InChI=1S/C14H18FN3O3/c1-18-6-2-3-10(18)8-16-14(21)17-12-5-4-9(13(19)20)7-11(12)15/h4-5,7,10H,2-3,6,8H2,1H3,(H,19,20)(H2,16,17,21). The molecule has 0 aliphatic carbocycles. The van der Waals surface area contributed by atoms with Crippen LogP contribution in [0, 0.1) is 5.82 Å². The van der Waals surface area contributed by atoms with Crippen molar-refractivity contribution in [2.45, 2.75) is 18.9 Å². The number of hydrogen-bond donors (Lipinski definition) is 3. The van der Waals surface area contributed by atoms with Crippen molar-refractivity contribution in [2.75, 3.05) is 25.5 Å². The fraction of sp³-hybridized carbons (Fsp3) is 0.429. The van der Waals surface area contributed by atoms with Crippen molar-refractivity contribution in [3.63, 3.8) is 0 Å². The van der Waals surface area contributed by atoms with E-state index in [0.717, 1.165) is 25.5 Å². The molecule has 21 heavy (non-hydrogen) atoms. The number of halogens is 1. The number of hydrogen-bond acceptors (Lipinski definition) is 3. The highest BCUT2D eigenvalue weighted by Crippen LogP contribution is 2.16. The van der Waals surface area contributed by atoms with Crippen LogP contribution in [0.2, 0.25) is 0 Å². The summed E-state index contributed by atoms with van der Waals surface area (Å²) in [6, 6.07) is 3.15. The SMILES string of the molecule is CN1CCCC1CNC(=O)Nc1ccc(C(=O)O)cc1F. The highest BCUT2D eigenvalue weighted by Gasteiger charge is 2.21. The Bertz CT molecular complexity index is 550. The highest BCUT2D eigenvalue weighted by atomic mass is 19.1. The first kappa shape index (κ1) is 15.2. The summed E-state index contributed by atoms with van der Waals surface area (Å²) in [5, 5.41) is 13.8. The molecule has 114 valence electrons. The molecular weight excluding hydrogens is 277 g/mol. The number of anilines is 1. The third-order valence-electron chi connectivity index (χ3n) is 3.63. The predicted molar refractivity (Wildman–Crippen MR) is 76.0 cm³/mol. The van der Waals surface area contributed by atoms with E-state index in [2.05, 4.69) is 15.5 Å². The maximum absolute atomic E-state index is 13.7. The summed E-state index contributed by atoms with van der Waals surface area (Å²) in [5.74, 6) is -1.99. The van der Waals surface area contributed by atoms with Crippen molar-refractivity contribution in [1.82, 2.24) is 10.2 Å².